The largest absolute Gasteiger partial charge is 0.466 e. The van der Waals surface area contributed by atoms with Crippen LogP contribution >= 0.6 is 11.6 Å². The molecule has 2 aliphatic rings. The number of imide groups is 1. The predicted molar refractivity (Wildman–Crippen MR) is 93.2 cm³/mol. The van der Waals surface area contributed by atoms with Crippen LogP contribution in [0.5, 0.6) is 0 Å². The lowest BCUT2D eigenvalue weighted by molar-refractivity contribution is -0.150. The van der Waals surface area contributed by atoms with Crippen molar-refractivity contribution in [2.45, 2.75) is 32.2 Å². The fourth-order valence-electron chi connectivity index (χ4n) is 3.54. The molecule has 0 spiro atoms. The van der Waals surface area contributed by atoms with Crippen LogP contribution in [-0.4, -0.2) is 48.4 Å². The number of hydrogen-bond acceptors (Lipinski definition) is 5. The van der Waals surface area contributed by atoms with Gasteiger partial charge in [0.2, 0.25) is 5.91 Å². The lowest BCUT2D eigenvalue weighted by Gasteiger charge is -2.34. The third-order valence-electron chi connectivity index (χ3n) is 4.80. The highest BCUT2D eigenvalue weighted by Crippen LogP contribution is 2.31. The van der Waals surface area contributed by atoms with E-state index in [9.17, 15) is 18.8 Å². The summed E-state index contributed by atoms with van der Waals surface area (Å²) in [4.78, 5) is 40.1. The van der Waals surface area contributed by atoms with Crippen molar-refractivity contribution in [3.05, 3.63) is 29.0 Å². The topological polar surface area (TPSA) is 66.9 Å². The molecule has 6 nitrogen and oxygen atoms in total. The quantitative estimate of drug-likeness (QED) is 0.591. The van der Waals surface area contributed by atoms with Crippen molar-refractivity contribution >= 4 is 35.1 Å². The highest BCUT2D eigenvalue weighted by atomic mass is 35.5. The molecule has 2 heterocycles. The number of esters is 1. The summed E-state index contributed by atoms with van der Waals surface area (Å²) in [6.07, 6.45) is 1.49. The molecule has 0 unspecified atom stereocenters. The molecule has 2 atom stereocenters. The zero-order valence-electron chi connectivity index (χ0n) is 14.4. The van der Waals surface area contributed by atoms with Crippen molar-refractivity contribution in [1.82, 2.24) is 4.90 Å². The van der Waals surface area contributed by atoms with Gasteiger partial charge in [-0.05, 0) is 44.5 Å². The van der Waals surface area contributed by atoms with Gasteiger partial charge in [0, 0.05) is 6.54 Å². The molecule has 26 heavy (non-hydrogen) atoms. The van der Waals surface area contributed by atoms with Crippen molar-refractivity contribution < 1.29 is 23.5 Å². The molecule has 2 amide bonds. The number of carbonyl (C=O) groups excluding carboxylic acids is 3. The molecule has 0 saturated carbocycles. The summed E-state index contributed by atoms with van der Waals surface area (Å²) >= 11 is 5.77. The van der Waals surface area contributed by atoms with Gasteiger partial charge in [-0.15, -0.1) is 0 Å². The standard InChI is InChI=1S/C18H20ClFN2O4/c1-2-26-18(25)11-4-3-7-21(10-11)15-9-16(23)22(17(15)24)12-5-6-14(20)13(19)8-12/h5-6,8,11,15H,2-4,7,9-10H2,1H3/t11-,15+/m1/s1. The molecule has 0 N–H and O–H groups in total. The number of nitrogens with zero attached hydrogens (tertiary/aromatic N) is 2. The smallest absolute Gasteiger partial charge is 0.310 e. The van der Waals surface area contributed by atoms with Gasteiger partial charge < -0.3 is 4.74 Å². The maximum absolute atomic E-state index is 13.4. The van der Waals surface area contributed by atoms with Crippen LogP contribution in [0.3, 0.4) is 0 Å². The summed E-state index contributed by atoms with van der Waals surface area (Å²) in [5.41, 5.74) is 0.257. The summed E-state index contributed by atoms with van der Waals surface area (Å²) in [5.74, 6) is -1.90. The Morgan fingerprint density at radius 1 is 1.38 bits per heavy atom. The molecule has 0 bridgehead atoms. The Balaban J connectivity index is 1.75. The molecule has 2 aliphatic heterocycles. The Kier molecular flexibility index (Phi) is 5.58. The van der Waals surface area contributed by atoms with Gasteiger partial charge in [0.05, 0.1) is 35.7 Å². The van der Waals surface area contributed by atoms with Crippen LogP contribution in [0.4, 0.5) is 10.1 Å². The molecule has 1 aromatic carbocycles. The number of likely N-dealkylation sites (tertiary alicyclic amines) is 1. The molecule has 0 radical (unpaired) electrons. The van der Waals surface area contributed by atoms with E-state index in [0.29, 0.717) is 26.1 Å². The SMILES string of the molecule is CCOC(=O)[C@@H]1CCCN([C@H]2CC(=O)N(c3ccc(F)c(Cl)c3)C2=O)C1. The molecular weight excluding hydrogens is 363 g/mol. The van der Waals surface area contributed by atoms with Gasteiger partial charge in [0.25, 0.3) is 5.91 Å². The van der Waals surface area contributed by atoms with Gasteiger partial charge in [-0.1, -0.05) is 11.6 Å². The minimum absolute atomic E-state index is 0.0311. The van der Waals surface area contributed by atoms with Crippen LogP contribution in [0.1, 0.15) is 26.2 Å². The summed E-state index contributed by atoms with van der Waals surface area (Å²) in [6.45, 7) is 3.09. The molecule has 0 aliphatic carbocycles. The number of carbonyl (C=O) groups is 3. The van der Waals surface area contributed by atoms with Crippen LogP contribution in [0, 0.1) is 11.7 Å². The fourth-order valence-corrected chi connectivity index (χ4v) is 3.71. The Morgan fingerprint density at radius 2 is 2.15 bits per heavy atom. The highest BCUT2D eigenvalue weighted by molar-refractivity contribution is 6.31. The van der Waals surface area contributed by atoms with Crippen LogP contribution < -0.4 is 4.90 Å². The van der Waals surface area contributed by atoms with Crippen molar-refractivity contribution in [3.63, 3.8) is 0 Å². The maximum Gasteiger partial charge on any atom is 0.310 e. The van der Waals surface area contributed by atoms with Gasteiger partial charge in [0.15, 0.2) is 0 Å². The van der Waals surface area contributed by atoms with E-state index in [4.69, 9.17) is 16.3 Å². The number of halogens is 2. The maximum atomic E-state index is 13.4. The zero-order chi connectivity index (χ0) is 18.8. The molecule has 140 valence electrons. The summed E-state index contributed by atoms with van der Waals surface area (Å²) in [6, 6.07) is 3.14. The first kappa shape index (κ1) is 18.8. The molecule has 2 fully saturated rings. The number of anilines is 1. The van der Waals surface area contributed by atoms with Crippen LogP contribution in [-0.2, 0) is 19.1 Å². The van der Waals surface area contributed by atoms with Crippen LogP contribution in [0.25, 0.3) is 0 Å². The second-order valence-corrected chi connectivity index (χ2v) is 6.88. The first-order valence-electron chi connectivity index (χ1n) is 8.65. The van der Waals surface area contributed by atoms with E-state index in [1.807, 2.05) is 4.90 Å². The number of hydrogen-bond donors (Lipinski definition) is 0. The highest BCUT2D eigenvalue weighted by Gasteiger charge is 2.44. The van der Waals surface area contributed by atoms with E-state index < -0.39 is 11.9 Å². The van der Waals surface area contributed by atoms with Crippen molar-refractivity contribution in [3.8, 4) is 0 Å². The van der Waals surface area contributed by atoms with E-state index in [1.54, 1.807) is 6.92 Å². The molecule has 3 rings (SSSR count). The monoisotopic (exact) mass is 382 g/mol. The van der Waals surface area contributed by atoms with Crippen molar-refractivity contribution in [2.24, 2.45) is 5.92 Å². The van der Waals surface area contributed by atoms with Crippen LogP contribution in [0.15, 0.2) is 18.2 Å². The fraction of sp³-hybridized carbons (Fsp3) is 0.500. The second kappa shape index (κ2) is 7.72. The van der Waals surface area contributed by atoms with Gasteiger partial charge >= 0.3 is 5.97 Å². The third-order valence-corrected chi connectivity index (χ3v) is 5.09. The number of rotatable bonds is 4. The van der Waals surface area contributed by atoms with E-state index in [2.05, 4.69) is 0 Å². The predicted octanol–water partition coefficient (Wildman–Crippen LogP) is 2.39. The van der Waals surface area contributed by atoms with Crippen molar-refractivity contribution in [1.29, 1.82) is 0 Å². The molecule has 2 saturated heterocycles. The second-order valence-electron chi connectivity index (χ2n) is 6.47. The number of benzene rings is 1. The third kappa shape index (κ3) is 3.59. The van der Waals surface area contributed by atoms with Gasteiger partial charge in [-0.25, -0.2) is 9.29 Å². The molecule has 1 aromatic rings. The van der Waals surface area contributed by atoms with E-state index in [0.717, 1.165) is 17.4 Å². The average molecular weight is 383 g/mol. The summed E-state index contributed by atoms with van der Waals surface area (Å²) in [5, 5.41) is -0.146. The Hall–Kier alpha value is -1.99. The first-order chi connectivity index (χ1) is 12.4. The van der Waals surface area contributed by atoms with E-state index >= 15 is 0 Å². The minimum atomic E-state index is -0.622. The van der Waals surface area contributed by atoms with Crippen molar-refractivity contribution in [2.75, 3.05) is 24.6 Å². The van der Waals surface area contributed by atoms with Gasteiger partial charge in [-0.3, -0.25) is 19.3 Å². The lowest BCUT2D eigenvalue weighted by atomic mass is 9.96. The molecule has 0 aromatic heterocycles. The van der Waals surface area contributed by atoms with E-state index in [1.165, 1.54) is 12.1 Å². The normalized spacial score (nSPS) is 24.2. The first-order valence-corrected chi connectivity index (χ1v) is 9.02. The van der Waals surface area contributed by atoms with Crippen LogP contribution in [0.2, 0.25) is 5.02 Å². The van der Waals surface area contributed by atoms with Gasteiger partial charge in [0.1, 0.15) is 5.82 Å². The van der Waals surface area contributed by atoms with E-state index in [-0.39, 0.29) is 40.8 Å². The molecule has 8 heteroatoms. The number of amides is 2. The minimum Gasteiger partial charge on any atom is -0.466 e. The Bertz CT molecular complexity index is 742. The summed E-state index contributed by atoms with van der Waals surface area (Å²) in [7, 11) is 0. The number of piperidine rings is 1. The summed E-state index contributed by atoms with van der Waals surface area (Å²) < 4.78 is 18.4. The number of ether oxygens (including phenoxy) is 1. The average Bonchev–Trinajstić information content (AvgIpc) is 2.92. The molecular formula is C18H20ClFN2O4. The lowest BCUT2D eigenvalue weighted by Crippen LogP contribution is -2.48. The Labute approximate surface area is 155 Å². The Morgan fingerprint density at radius 3 is 2.85 bits per heavy atom. The van der Waals surface area contributed by atoms with Gasteiger partial charge in [-0.2, -0.15) is 0 Å². The zero-order valence-corrected chi connectivity index (χ0v) is 15.2.